The van der Waals surface area contributed by atoms with E-state index < -0.39 is 6.36 Å². The number of alkyl halides is 3. The van der Waals surface area contributed by atoms with E-state index in [1.807, 2.05) is 0 Å². The number of ether oxygens (including phenoxy) is 1. The minimum absolute atomic E-state index is 0.112. The fraction of sp³-hybridized carbons (Fsp3) is 0.333. The molecule has 0 heterocycles. The van der Waals surface area contributed by atoms with Crippen LogP contribution in [0.2, 0.25) is 0 Å². The molecule has 0 fully saturated rings. The van der Waals surface area contributed by atoms with Crippen molar-refractivity contribution in [3.8, 4) is 5.75 Å². The molecule has 92 valence electrons. The zero-order valence-electron chi connectivity index (χ0n) is 8.92. The van der Waals surface area contributed by atoms with Gasteiger partial charge in [0.2, 0.25) is 0 Å². The predicted molar refractivity (Wildman–Crippen MR) is 56.5 cm³/mol. The molecule has 0 unspecified atom stereocenters. The van der Waals surface area contributed by atoms with Crippen LogP contribution in [0.25, 0.3) is 5.57 Å². The Bertz CT molecular complexity index is 450. The van der Waals surface area contributed by atoms with Gasteiger partial charge in [0.05, 0.1) is 6.61 Å². The average molecular weight is 244 g/mol. The standard InChI is InChI=1S/C12H11F3O2/c13-12(14,15)17-10-4-3-8-1-2-9(5-6-16)11(8)7-10/h3-5,7,16H,1-2,6H2/b9-5+. The van der Waals surface area contributed by atoms with Gasteiger partial charge < -0.3 is 9.84 Å². The van der Waals surface area contributed by atoms with Gasteiger partial charge in [-0.1, -0.05) is 12.1 Å². The van der Waals surface area contributed by atoms with Crippen LogP contribution in [0.1, 0.15) is 17.5 Å². The Morgan fingerprint density at radius 1 is 1.29 bits per heavy atom. The molecule has 1 N–H and O–H groups in total. The van der Waals surface area contributed by atoms with E-state index in [1.54, 1.807) is 12.1 Å². The first-order chi connectivity index (χ1) is 7.99. The highest BCUT2D eigenvalue weighted by atomic mass is 19.4. The summed E-state index contributed by atoms with van der Waals surface area (Å²) in [5, 5.41) is 8.82. The van der Waals surface area contributed by atoms with E-state index in [-0.39, 0.29) is 12.4 Å². The topological polar surface area (TPSA) is 29.5 Å². The highest BCUT2D eigenvalue weighted by Crippen LogP contribution is 2.35. The number of allylic oxidation sites excluding steroid dienone is 1. The predicted octanol–water partition coefficient (Wildman–Crippen LogP) is 2.91. The van der Waals surface area contributed by atoms with Gasteiger partial charge in [0.25, 0.3) is 0 Å². The lowest BCUT2D eigenvalue weighted by molar-refractivity contribution is -0.274. The second kappa shape index (κ2) is 4.41. The van der Waals surface area contributed by atoms with Crippen molar-refractivity contribution < 1.29 is 23.0 Å². The highest BCUT2D eigenvalue weighted by molar-refractivity contribution is 5.73. The summed E-state index contributed by atoms with van der Waals surface area (Å²) >= 11 is 0. The van der Waals surface area contributed by atoms with Crippen molar-refractivity contribution in [1.29, 1.82) is 0 Å². The fourth-order valence-electron chi connectivity index (χ4n) is 2.00. The van der Waals surface area contributed by atoms with Gasteiger partial charge in [-0.15, -0.1) is 13.2 Å². The first-order valence-corrected chi connectivity index (χ1v) is 5.18. The maximum absolute atomic E-state index is 12.1. The SMILES string of the molecule is OC/C=C1\CCc2ccc(OC(F)(F)F)cc21. The van der Waals surface area contributed by atoms with Gasteiger partial charge in [-0.3, -0.25) is 0 Å². The summed E-state index contributed by atoms with van der Waals surface area (Å²) in [6.45, 7) is -0.112. The lowest BCUT2D eigenvalue weighted by Crippen LogP contribution is -2.17. The van der Waals surface area contributed by atoms with Crippen molar-refractivity contribution in [2.75, 3.05) is 6.61 Å². The number of rotatable bonds is 2. The Morgan fingerprint density at radius 3 is 2.71 bits per heavy atom. The summed E-state index contributed by atoms with van der Waals surface area (Å²) in [5.74, 6) is -0.220. The molecule has 1 aliphatic rings. The van der Waals surface area contributed by atoms with E-state index in [2.05, 4.69) is 4.74 Å². The van der Waals surface area contributed by atoms with Gasteiger partial charge in [0, 0.05) is 0 Å². The van der Waals surface area contributed by atoms with E-state index in [1.165, 1.54) is 12.1 Å². The molecular weight excluding hydrogens is 233 g/mol. The third-order valence-corrected chi connectivity index (χ3v) is 2.66. The molecule has 0 atom stereocenters. The first kappa shape index (κ1) is 12.0. The zero-order chi connectivity index (χ0) is 12.5. The van der Waals surface area contributed by atoms with Gasteiger partial charge in [0.15, 0.2) is 0 Å². The molecular formula is C12H11F3O2. The van der Waals surface area contributed by atoms with Crippen molar-refractivity contribution in [3.05, 3.63) is 35.4 Å². The molecule has 1 aromatic carbocycles. The summed E-state index contributed by atoms with van der Waals surface area (Å²) in [7, 11) is 0. The van der Waals surface area contributed by atoms with Crippen LogP contribution in [-0.4, -0.2) is 18.1 Å². The summed E-state index contributed by atoms with van der Waals surface area (Å²) in [5.41, 5.74) is 2.59. The Kier molecular flexibility index (Phi) is 3.11. The number of hydrogen-bond acceptors (Lipinski definition) is 2. The molecule has 0 bridgehead atoms. The normalized spacial score (nSPS) is 17.3. The molecule has 0 radical (unpaired) electrons. The zero-order valence-corrected chi connectivity index (χ0v) is 8.92. The quantitative estimate of drug-likeness (QED) is 0.866. The first-order valence-electron chi connectivity index (χ1n) is 5.18. The van der Waals surface area contributed by atoms with E-state index in [0.29, 0.717) is 0 Å². The Hall–Kier alpha value is -1.49. The third kappa shape index (κ3) is 2.79. The van der Waals surface area contributed by atoms with Crippen molar-refractivity contribution in [3.63, 3.8) is 0 Å². The molecule has 0 aromatic heterocycles. The molecule has 5 heteroatoms. The van der Waals surface area contributed by atoms with Crippen LogP contribution in [0, 0.1) is 0 Å². The van der Waals surface area contributed by atoms with Gasteiger partial charge in [-0.2, -0.15) is 0 Å². The fourth-order valence-corrected chi connectivity index (χ4v) is 2.00. The molecule has 0 amide bonds. The van der Waals surface area contributed by atoms with Crippen molar-refractivity contribution >= 4 is 5.57 Å². The minimum atomic E-state index is -4.67. The monoisotopic (exact) mass is 244 g/mol. The molecule has 17 heavy (non-hydrogen) atoms. The number of aliphatic hydroxyl groups excluding tert-OH is 1. The largest absolute Gasteiger partial charge is 0.573 e. The highest BCUT2D eigenvalue weighted by Gasteiger charge is 2.31. The summed E-state index contributed by atoms with van der Waals surface area (Å²) in [4.78, 5) is 0. The number of halogens is 3. The molecule has 0 aliphatic heterocycles. The van der Waals surface area contributed by atoms with Crippen LogP contribution in [0.5, 0.6) is 5.75 Å². The minimum Gasteiger partial charge on any atom is -0.406 e. The van der Waals surface area contributed by atoms with E-state index in [0.717, 1.165) is 29.5 Å². The summed E-state index contributed by atoms with van der Waals surface area (Å²) < 4.78 is 40.0. The lowest BCUT2D eigenvalue weighted by Gasteiger charge is -2.10. The average Bonchev–Trinajstić information content (AvgIpc) is 2.59. The number of hydrogen-bond donors (Lipinski definition) is 1. The Morgan fingerprint density at radius 2 is 2.06 bits per heavy atom. The summed E-state index contributed by atoms with van der Waals surface area (Å²) in [6.07, 6.45) is -1.53. The van der Waals surface area contributed by atoms with Crippen LogP contribution in [0.4, 0.5) is 13.2 Å². The van der Waals surface area contributed by atoms with E-state index in [9.17, 15) is 13.2 Å². The van der Waals surface area contributed by atoms with Gasteiger partial charge in [-0.25, -0.2) is 0 Å². The second-order valence-electron chi connectivity index (χ2n) is 3.78. The number of fused-ring (bicyclic) bond motifs is 1. The molecule has 1 aromatic rings. The molecule has 0 spiro atoms. The van der Waals surface area contributed by atoms with Crippen LogP contribution in [0.3, 0.4) is 0 Å². The second-order valence-corrected chi connectivity index (χ2v) is 3.78. The van der Waals surface area contributed by atoms with Crippen molar-refractivity contribution in [2.24, 2.45) is 0 Å². The smallest absolute Gasteiger partial charge is 0.406 e. The maximum Gasteiger partial charge on any atom is 0.573 e. The van der Waals surface area contributed by atoms with Crippen LogP contribution < -0.4 is 4.74 Å². The third-order valence-electron chi connectivity index (χ3n) is 2.66. The van der Waals surface area contributed by atoms with E-state index >= 15 is 0 Å². The van der Waals surface area contributed by atoms with Crippen molar-refractivity contribution in [1.82, 2.24) is 0 Å². The number of aliphatic hydroxyl groups is 1. The molecule has 1 aliphatic carbocycles. The maximum atomic E-state index is 12.1. The molecule has 2 rings (SSSR count). The lowest BCUT2D eigenvalue weighted by atomic mass is 10.1. The van der Waals surface area contributed by atoms with Crippen LogP contribution in [0.15, 0.2) is 24.3 Å². The molecule has 0 saturated heterocycles. The van der Waals surface area contributed by atoms with E-state index in [4.69, 9.17) is 5.11 Å². The van der Waals surface area contributed by atoms with Gasteiger partial charge in [0.1, 0.15) is 5.75 Å². The van der Waals surface area contributed by atoms with Crippen LogP contribution in [-0.2, 0) is 6.42 Å². The van der Waals surface area contributed by atoms with Crippen LogP contribution >= 0.6 is 0 Å². The number of aryl methyl sites for hydroxylation is 1. The molecule has 2 nitrogen and oxygen atoms in total. The number of benzene rings is 1. The Balaban J connectivity index is 2.30. The van der Waals surface area contributed by atoms with Gasteiger partial charge in [-0.05, 0) is 41.7 Å². The van der Waals surface area contributed by atoms with Crippen molar-refractivity contribution in [2.45, 2.75) is 19.2 Å². The molecule has 0 saturated carbocycles. The van der Waals surface area contributed by atoms with Gasteiger partial charge >= 0.3 is 6.36 Å². The Labute approximate surface area is 96.3 Å². The summed E-state index contributed by atoms with van der Waals surface area (Å²) in [6, 6.07) is 4.32.